The van der Waals surface area contributed by atoms with E-state index in [2.05, 4.69) is 15.0 Å². The van der Waals surface area contributed by atoms with Crippen LogP contribution in [0.1, 0.15) is 12.5 Å². The molecule has 33 heavy (non-hydrogen) atoms. The van der Waals surface area contributed by atoms with E-state index in [-0.39, 0.29) is 25.2 Å². The molecule has 3 aromatic rings. The van der Waals surface area contributed by atoms with Crippen LogP contribution in [0.25, 0.3) is 0 Å². The van der Waals surface area contributed by atoms with Gasteiger partial charge < -0.3 is 10.0 Å². The summed E-state index contributed by atoms with van der Waals surface area (Å²) in [7, 11) is -4.07. The molecule has 176 valence electrons. The number of aromatic nitrogens is 3. The van der Waals surface area contributed by atoms with Crippen molar-refractivity contribution in [3.05, 3.63) is 78.4 Å². The number of halogens is 2. The van der Waals surface area contributed by atoms with Gasteiger partial charge in [-0.05, 0) is 25.1 Å². The maximum Gasteiger partial charge on any atom is 0.220 e. The van der Waals surface area contributed by atoms with Crippen molar-refractivity contribution < 1.29 is 22.3 Å². The molecule has 1 aliphatic heterocycles. The van der Waals surface area contributed by atoms with E-state index in [9.17, 15) is 22.3 Å². The maximum atomic E-state index is 14.7. The molecule has 0 unspecified atom stereocenters. The van der Waals surface area contributed by atoms with Crippen molar-refractivity contribution in [1.29, 1.82) is 0 Å². The topological polar surface area (TPSA) is 91.6 Å². The Labute approximate surface area is 191 Å². The summed E-state index contributed by atoms with van der Waals surface area (Å²) in [6.45, 7) is 2.34. The number of sulfonamides is 1. The van der Waals surface area contributed by atoms with Crippen LogP contribution in [0.2, 0.25) is 0 Å². The third-order valence-electron chi connectivity index (χ3n) is 6.11. The molecule has 0 bridgehead atoms. The third-order valence-corrected chi connectivity index (χ3v) is 8.47. The quantitative estimate of drug-likeness (QED) is 0.560. The third kappa shape index (κ3) is 4.61. The molecule has 0 aliphatic carbocycles. The molecule has 0 spiro atoms. The Balaban J connectivity index is 1.62. The molecule has 11 heteroatoms. The van der Waals surface area contributed by atoms with Crippen molar-refractivity contribution >= 4 is 15.7 Å². The maximum absolute atomic E-state index is 14.7. The summed E-state index contributed by atoms with van der Waals surface area (Å²) in [5, 5.41) is 14.1. The van der Waals surface area contributed by atoms with E-state index in [1.807, 2.05) is 30.3 Å². The summed E-state index contributed by atoms with van der Waals surface area (Å²) in [4.78, 5) is 5.89. The van der Waals surface area contributed by atoms with E-state index in [1.165, 1.54) is 28.6 Å². The predicted octanol–water partition coefficient (Wildman–Crippen LogP) is 1.98. The SMILES string of the molecule is C[C@H]([C@](O)(Cn1cncn1)c1ccc(F)cc1F)S(=O)(=O)N1CCN(c2ccccc2)CC1. The Morgan fingerprint density at radius 1 is 1.09 bits per heavy atom. The fourth-order valence-corrected chi connectivity index (χ4v) is 5.96. The number of rotatable bonds is 7. The molecule has 1 saturated heterocycles. The molecule has 2 atom stereocenters. The van der Waals surface area contributed by atoms with Crippen molar-refractivity contribution in [3.8, 4) is 0 Å². The lowest BCUT2D eigenvalue weighted by atomic mass is 9.90. The Morgan fingerprint density at radius 2 is 1.79 bits per heavy atom. The summed E-state index contributed by atoms with van der Waals surface area (Å²) < 4.78 is 57.9. The lowest BCUT2D eigenvalue weighted by Crippen LogP contribution is -2.56. The van der Waals surface area contributed by atoms with Crippen molar-refractivity contribution in [2.24, 2.45) is 0 Å². The molecule has 0 amide bonds. The fourth-order valence-electron chi connectivity index (χ4n) is 4.14. The number of hydrogen-bond acceptors (Lipinski definition) is 6. The molecule has 4 rings (SSSR count). The van der Waals surface area contributed by atoms with Gasteiger partial charge in [-0.3, -0.25) is 0 Å². The van der Waals surface area contributed by atoms with Gasteiger partial charge in [0.25, 0.3) is 0 Å². The molecule has 0 radical (unpaired) electrons. The summed E-state index contributed by atoms with van der Waals surface area (Å²) in [5.74, 6) is -1.86. The van der Waals surface area contributed by atoms with Gasteiger partial charge in [0.2, 0.25) is 10.0 Å². The highest BCUT2D eigenvalue weighted by Gasteiger charge is 2.48. The van der Waals surface area contributed by atoms with Gasteiger partial charge in [-0.15, -0.1) is 0 Å². The number of aliphatic hydroxyl groups is 1. The van der Waals surface area contributed by atoms with Crippen LogP contribution in [-0.2, 0) is 22.2 Å². The largest absolute Gasteiger partial charge is 0.382 e. The second-order valence-corrected chi connectivity index (χ2v) is 10.3. The lowest BCUT2D eigenvalue weighted by molar-refractivity contribution is 0.00953. The summed E-state index contributed by atoms with van der Waals surface area (Å²) in [6.07, 6.45) is 2.52. The number of hydrogen-bond donors (Lipinski definition) is 1. The minimum atomic E-state index is -4.07. The molecule has 1 fully saturated rings. The van der Waals surface area contributed by atoms with Crippen LogP contribution in [0.3, 0.4) is 0 Å². The minimum Gasteiger partial charge on any atom is -0.382 e. The van der Waals surface area contributed by atoms with Gasteiger partial charge in [0.05, 0.1) is 6.54 Å². The van der Waals surface area contributed by atoms with Gasteiger partial charge in [0, 0.05) is 43.5 Å². The van der Waals surface area contributed by atoms with E-state index in [1.54, 1.807) is 0 Å². The Kier molecular flexibility index (Phi) is 6.46. The standard InChI is InChI=1S/C22H25F2N5O3S/c1-17(33(31,32)29-11-9-27(10-12-29)19-5-3-2-4-6-19)22(30,14-28-16-25-15-26-28)20-8-7-18(23)13-21(20)24/h2-8,13,15-17,30H,9-12,14H2,1H3/t17-,22-/m1/s1. The molecule has 1 aliphatic rings. The Hall–Kier alpha value is -2.89. The van der Waals surface area contributed by atoms with Gasteiger partial charge in [0.15, 0.2) is 0 Å². The lowest BCUT2D eigenvalue weighted by Gasteiger charge is -2.40. The molecule has 2 aromatic carbocycles. The van der Waals surface area contributed by atoms with Crippen molar-refractivity contribution in [1.82, 2.24) is 19.1 Å². The second-order valence-electron chi connectivity index (χ2n) is 8.05. The van der Waals surface area contributed by atoms with Gasteiger partial charge in [-0.25, -0.2) is 26.9 Å². The monoisotopic (exact) mass is 477 g/mol. The number of nitrogens with zero attached hydrogens (tertiary/aromatic N) is 5. The smallest absolute Gasteiger partial charge is 0.220 e. The van der Waals surface area contributed by atoms with Crippen LogP contribution < -0.4 is 4.90 Å². The zero-order valence-corrected chi connectivity index (χ0v) is 18.9. The summed E-state index contributed by atoms with van der Waals surface area (Å²) in [6, 6.07) is 12.4. The number of piperazine rings is 1. The highest BCUT2D eigenvalue weighted by Crippen LogP contribution is 2.35. The molecule has 0 saturated carbocycles. The Morgan fingerprint density at radius 3 is 2.39 bits per heavy atom. The first-order chi connectivity index (χ1) is 15.7. The fraction of sp³-hybridized carbons (Fsp3) is 0.364. The molecular weight excluding hydrogens is 452 g/mol. The van der Waals surface area contributed by atoms with Gasteiger partial charge in [-0.2, -0.15) is 9.40 Å². The van der Waals surface area contributed by atoms with Crippen LogP contribution in [0.4, 0.5) is 14.5 Å². The minimum absolute atomic E-state index is 0.215. The predicted molar refractivity (Wildman–Crippen MR) is 119 cm³/mol. The molecule has 8 nitrogen and oxygen atoms in total. The van der Waals surface area contributed by atoms with Gasteiger partial charge in [0.1, 0.15) is 35.1 Å². The van der Waals surface area contributed by atoms with Gasteiger partial charge in [-0.1, -0.05) is 24.3 Å². The van der Waals surface area contributed by atoms with E-state index in [0.29, 0.717) is 19.2 Å². The van der Waals surface area contributed by atoms with Crippen molar-refractivity contribution in [2.75, 3.05) is 31.1 Å². The first kappa shape index (κ1) is 23.3. The van der Waals surface area contributed by atoms with Crippen LogP contribution >= 0.6 is 0 Å². The van der Waals surface area contributed by atoms with E-state index in [0.717, 1.165) is 17.8 Å². The average Bonchev–Trinajstić information content (AvgIpc) is 3.32. The Bertz CT molecular complexity index is 1190. The van der Waals surface area contributed by atoms with Crippen LogP contribution in [0.15, 0.2) is 61.2 Å². The van der Waals surface area contributed by atoms with Crippen LogP contribution in [0.5, 0.6) is 0 Å². The van der Waals surface area contributed by atoms with E-state index >= 15 is 0 Å². The zero-order valence-electron chi connectivity index (χ0n) is 18.1. The number of anilines is 1. The molecule has 2 heterocycles. The number of para-hydroxylation sites is 1. The molecule has 1 aromatic heterocycles. The summed E-state index contributed by atoms with van der Waals surface area (Å²) in [5.41, 5.74) is -1.54. The first-order valence-electron chi connectivity index (χ1n) is 10.5. The highest BCUT2D eigenvalue weighted by atomic mass is 32.2. The molecular formula is C22H25F2N5O3S. The number of benzene rings is 2. The van der Waals surface area contributed by atoms with Crippen LogP contribution in [0, 0.1) is 11.6 Å². The van der Waals surface area contributed by atoms with Crippen LogP contribution in [-0.4, -0.2) is 64.0 Å². The van der Waals surface area contributed by atoms with Crippen molar-refractivity contribution in [3.63, 3.8) is 0 Å². The van der Waals surface area contributed by atoms with Crippen molar-refractivity contribution in [2.45, 2.75) is 24.3 Å². The van der Waals surface area contributed by atoms with E-state index in [4.69, 9.17) is 0 Å². The first-order valence-corrected chi connectivity index (χ1v) is 12.0. The highest BCUT2D eigenvalue weighted by molar-refractivity contribution is 7.89. The molecule has 1 N–H and O–H groups in total. The normalized spacial score (nSPS) is 18.1. The second kappa shape index (κ2) is 9.16. The van der Waals surface area contributed by atoms with Gasteiger partial charge >= 0.3 is 0 Å². The average molecular weight is 478 g/mol. The van der Waals surface area contributed by atoms with E-state index < -0.39 is 32.5 Å². The summed E-state index contributed by atoms with van der Waals surface area (Å²) >= 11 is 0. The zero-order chi connectivity index (χ0) is 23.6.